The predicted octanol–water partition coefficient (Wildman–Crippen LogP) is 2.96. The molecule has 1 fully saturated rings. The van der Waals surface area contributed by atoms with Gasteiger partial charge in [-0.1, -0.05) is 6.07 Å². The van der Waals surface area contributed by atoms with Gasteiger partial charge < -0.3 is 10.5 Å². The van der Waals surface area contributed by atoms with Crippen LogP contribution >= 0.6 is 0 Å². The molecule has 1 aromatic carbocycles. The van der Waals surface area contributed by atoms with Crippen LogP contribution in [0.3, 0.4) is 0 Å². The smallest absolute Gasteiger partial charge is 0.123 e. The number of hydrogen-bond acceptors (Lipinski definition) is 2. The molecule has 2 N–H and O–H groups in total. The van der Waals surface area contributed by atoms with Gasteiger partial charge in [-0.05, 0) is 62.3 Å². The van der Waals surface area contributed by atoms with Crippen LogP contribution in [0.25, 0.3) is 0 Å². The summed E-state index contributed by atoms with van der Waals surface area (Å²) in [6, 6.07) is 4.99. The largest absolute Gasteiger partial charge is 0.378 e. The van der Waals surface area contributed by atoms with Crippen LogP contribution in [0.15, 0.2) is 18.2 Å². The highest BCUT2D eigenvalue weighted by molar-refractivity contribution is 5.27. The highest BCUT2D eigenvalue weighted by Crippen LogP contribution is 2.39. The summed E-state index contributed by atoms with van der Waals surface area (Å²) in [6.45, 7) is 1.93. The van der Waals surface area contributed by atoms with Crippen LogP contribution < -0.4 is 5.73 Å². The van der Waals surface area contributed by atoms with E-state index in [2.05, 4.69) is 0 Å². The van der Waals surface area contributed by atoms with E-state index in [1.54, 1.807) is 13.2 Å². The molecule has 3 heteroatoms. The van der Waals surface area contributed by atoms with E-state index in [0.29, 0.717) is 0 Å². The summed E-state index contributed by atoms with van der Waals surface area (Å²) >= 11 is 0. The van der Waals surface area contributed by atoms with E-state index in [0.717, 1.165) is 36.8 Å². The second kappa shape index (κ2) is 5.37. The Morgan fingerprint density at radius 3 is 2.67 bits per heavy atom. The third kappa shape index (κ3) is 2.90. The molecule has 0 heterocycles. The molecule has 1 aliphatic rings. The van der Waals surface area contributed by atoms with Gasteiger partial charge in [0.1, 0.15) is 5.82 Å². The first-order valence-electron chi connectivity index (χ1n) is 6.60. The average Bonchev–Trinajstić information content (AvgIpc) is 2.27. The standard InChI is InChI=1S/C15H22FNO/c1-11-8-13(16)5-4-12(11)9-14(17)10-15(18-2)6-3-7-15/h4-5,8,14H,3,6-7,9-10,17H2,1-2H3. The molecule has 1 aliphatic carbocycles. The molecule has 18 heavy (non-hydrogen) atoms. The third-order valence-electron chi connectivity index (χ3n) is 4.12. The van der Waals surface area contributed by atoms with Crippen LogP contribution in [-0.2, 0) is 11.2 Å². The molecule has 0 saturated heterocycles. The van der Waals surface area contributed by atoms with Crippen LogP contribution in [0.4, 0.5) is 4.39 Å². The maximum absolute atomic E-state index is 13.0. The topological polar surface area (TPSA) is 35.2 Å². The SMILES string of the molecule is COC1(CC(N)Cc2ccc(F)cc2C)CCC1. The summed E-state index contributed by atoms with van der Waals surface area (Å²) in [5.41, 5.74) is 8.33. The van der Waals surface area contributed by atoms with Crippen molar-refractivity contribution >= 4 is 0 Å². The molecule has 0 amide bonds. The summed E-state index contributed by atoms with van der Waals surface area (Å²) in [6.07, 6.45) is 5.13. The third-order valence-corrected chi connectivity index (χ3v) is 4.12. The van der Waals surface area contributed by atoms with Crippen LogP contribution in [-0.4, -0.2) is 18.8 Å². The molecule has 1 aromatic rings. The van der Waals surface area contributed by atoms with Crippen molar-refractivity contribution in [2.75, 3.05) is 7.11 Å². The molecule has 1 atom stereocenters. The molecule has 0 bridgehead atoms. The van der Waals surface area contributed by atoms with Gasteiger partial charge in [-0.25, -0.2) is 4.39 Å². The lowest BCUT2D eigenvalue weighted by atomic mass is 9.75. The lowest BCUT2D eigenvalue weighted by molar-refractivity contribution is -0.0813. The van der Waals surface area contributed by atoms with Gasteiger partial charge in [0, 0.05) is 13.2 Å². The maximum Gasteiger partial charge on any atom is 0.123 e. The normalized spacial score (nSPS) is 19.3. The van der Waals surface area contributed by atoms with Crippen LogP contribution in [0, 0.1) is 12.7 Å². The first-order valence-corrected chi connectivity index (χ1v) is 6.60. The van der Waals surface area contributed by atoms with Gasteiger partial charge in [0.25, 0.3) is 0 Å². The quantitative estimate of drug-likeness (QED) is 0.873. The molecule has 2 rings (SSSR count). The van der Waals surface area contributed by atoms with E-state index in [1.807, 2.05) is 13.0 Å². The van der Waals surface area contributed by atoms with Crippen LogP contribution in [0.2, 0.25) is 0 Å². The van der Waals surface area contributed by atoms with Gasteiger partial charge in [-0.15, -0.1) is 0 Å². The van der Waals surface area contributed by atoms with Gasteiger partial charge in [0.15, 0.2) is 0 Å². The van der Waals surface area contributed by atoms with Crippen molar-refractivity contribution in [2.45, 2.75) is 50.7 Å². The summed E-state index contributed by atoms with van der Waals surface area (Å²) in [7, 11) is 1.77. The Kier molecular flexibility index (Phi) is 4.03. The minimum Gasteiger partial charge on any atom is -0.378 e. The minimum absolute atomic E-state index is 0.00729. The molecule has 100 valence electrons. The van der Waals surface area contributed by atoms with E-state index in [4.69, 9.17) is 10.5 Å². The first-order chi connectivity index (χ1) is 8.54. The zero-order valence-electron chi connectivity index (χ0n) is 11.2. The number of benzene rings is 1. The molecule has 1 saturated carbocycles. The number of hydrogen-bond donors (Lipinski definition) is 1. The number of halogens is 1. The molecule has 0 aliphatic heterocycles. The number of methoxy groups -OCH3 is 1. The lowest BCUT2D eigenvalue weighted by Crippen LogP contribution is -2.45. The van der Waals surface area contributed by atoms with Crippen molar-refractivity contribution in [3.8, 4) is 0 Å². The van der Waals surface area contributed by atoms with E-state index in [9.17, 15) is 4.39 Å². The Balaban J connectivity index is 1.96. The van der Waals surface area contributed by atoms with Gasteiger partial charge in [-0.2, -0.15) is 0 Å². The van der Waals surface area contributed by atoms with Gasteiger partial charge in [-0.3, -0.25) is 0 Å². The van der Waals surface area contributed by atoms with E-state index >= 15 is 0 Å². The molecule has 0 radical (unpaired) electrons. The Morgan fingerprint density at radius 2 is 2.17 bits per heavy atom. The fourth-order valence-corrected chi connectivity index (χ4v) is 2.78. The summed E-state index contributed by atoms with van der Waals surface area (Å²) in [4.78, 5) is 0. The Hall–Kier alpha value is -0.930. The second-order valence-electron chi connectivity index (χ2n) is 5.48. The monoisotopic (exact) mass is 251 g/mol. The fourth-order valence-electron chi connectivity index (χ4n) is 2.78. The number of nitrogens with two attached hydrogens (primary N) is 1. The van der Waals surface area contributed by atoms with E-state index in [-0.39, 0.29) is 17.5 Å². The molecule has 0 spiro atoms. The van der Waals surface area contributed by atoms with Crippen molar-refractivity contribution in [2.24, 2.45) is 5.73 Å². The van der Waals surface area contributed by atoms with Crippen molar-refractivity contribution in [3.63, 3.8) is 0 Å². The van der Waals surface area contributed by atoms with Crippen molar-refractivity contribution < 1.29 is 9.13 Å². The van der Waals surface area contributed by atoms with Gasteiger partial charge >= 0.3 is 0 Å². The number of ether oxygens (including phenoxy) is 1. The Bertz CT molecular complexity index is 409. The van der Waals surface area contributed by atoms with Crippen molar-refractivity contribution in [1.29, 1.82) is 0 Å². The van der Waals surface area contributed by atoms with Crippen LogP contribution in [0.5, 0.6) is 0 Å². The van der Waals surface area contributed by atoms with Crippen LogP contribution in [0.1, 0.15) is 36.8 Å². The fraction of sp³-hybridized carbons (Fsp3) is 0.600. The Morgan fingerprint density at radius 1 is 1.44 bits per heavy atom. The summed E-state index contributed by atoms with van der Waals surface area (Å²) in [5.74, 6) is -0.183. The van der Waals surface area contributed by atoms with Gasteiger partial charge in [0.2, 0.25) is 0 Å². The van der Waals surface area contributed by atoms with E-state index in [1.165, 1.54) is 12.5 Å². The number of aryl methyl sites for hydroxylation is 1. The molecule has 2 nitrogen and oxygen atoms in total. The summed E-state index contributed by atoms with van der Waals surface area (Å²) in [5, 5.41) is 0. The van der Waals surface area contributed by atoms with Gasteiger partial charge in [0.05, 0.1) is 5.60 Å². The summed E-state index contributed by atoms with van der Waals surface area (Å²) < 4.78 is 18.6. The highest BCUT2D eigenvalue weighted by Gasteiger charge is 2.38. The zero-order chi connectivity index (χ0) is 13.2. The Labute approximate surface area is 108 Å². The number of rotatable bonds is 5. The van der Waals surface area contributed by atoms with Crippen molar-refractivity contribution in [3.05, 3.63) is 35.1 Å². The molecular weight excluding hydrogens is 229 g/mol. The highest BCUT2D eigenvalue weighted by atomic mass is 19.1. The van der Waals surface area contributed by atoms with E-state index < -0.39 is 0 Å². The zero-order valence-corrected chi connectivity index (χ0v) is 11.2. The molecule has 1 unspecified atom stereocenters. The minimum atomic E-state index is -0.183. The first kappa shape index (κ1) is 13.5. The lowest BCUT2D eigenvalue weighted by Gasteiger charge is -2.42. The second-order valence-corrected chi connectivity index (χ2v) is 5.48. The van der Waals surface area contributed by atoms with Crippen molar-refractivity contribution in [1.82, 2.24) is 0 Å². The average molecular weight is 251 g/mol. The maximum atomic E-state index is 13.0. The predicted molar refractivity (Wildman–Crippen MR) is 71.0 cm³/mol. The molecular formula is C15H22FNO. The molecule has 0 aromatic heterocycles.